The van der Waals surface area contributed by atoms with E-state index in [1.807, 2.05) is 35.2 Å². The third-order valence-corrected chi connectivity index (χ3v) is 4.35. The summed E-state index contributed by atoms with van der Waals surface area (Å²) in [6.45, 7) is 2.42. The van der Waals surface area contributed by atoms with E-state index in [1.54, 1.807) is 13.3 Å². The predicted octanol–water partition coefficient (Wildman–Crippen LogP) is 2.64. The molecule has 1 aromatic heterocycles. The van der Waals surface area contributed by atoms with Crippen LogP contribution in [0.5, 0.6) is 0 Å². The fourth-order valence-corrected chi connectivity index (χ4v) is 2.91. The van der Waals surface area contributed by atoms with Gasteiger partial charge in [0.15, 0.2) is 5.96 Å². The van der Waals surface area contributed by atoms with Crippen LogP contribution < -0.4 is 10.6 Å². The van der Waals surface area contributed by atoms with E-state index < -0.39 is 0 Å². The number of likely N-dealkylation sites (tertiary alicyclic amines) is 1. The predicted molar refractivity (Wildman–Crippen MR) is 116 cm³/mol. The summed E-state index contributed by atoms with van der Waals surface area (Å²) in [5.41, 5.74) is 1.71. The van der Waals surface area contributed by atoms with Crippen LogP contribution in [0.2, 0.25) is 0 Å². The highest BCUT2D eigenvalue weighted by Crippen LogP contribution is 2.17. The van der Waals surface area contributed by atoms with Crippen LogP contribution in [0.4, 0.5) is 0 Å². The van der Waals surface area contributed by atoms with Crippen LogP contribution in [0.25, 0.3) is 11.5 Å². The highest BCUT2D eigenvalue weighted by molar-refractivity contribution is 14.0. The molecule has 0 atom stereocenters. The number of amides is 1. The van der Waals surface area contributed by atoms with Gasteiger partial charge in [0.05, 0.1) is 18.8 Å². The van der Waals surface area contributed by atoms with Gasteiger partial charge in [-0.3, -0.25) is 9.79 Å². The second kappa shape index (κ2) is 10.9. The third-order valence-electron chi connectivity index (χ3n) is 4.35. The number of hydrogen-bond acceptors (Lipinski definition) is 4. The molecule has 0 aliphatic carbocycles. The average Bonchev–Trinajstić information content (AvgIpc) is 3.18. The van der Waals surface area contributed by atoms with Crippen molar-refractivity contribution in [2.24, 2.45) is 4.99 Å². The first-order chi connectivity index (χ1) is 12.8. The van der Waals surface area contributed by atoms with Gasteiger partial charge in [-0.05, 0) is 31.4 Å². The van der Waals surface area contributed by atoms with Crippen LogP contribution in [-0.2, 0) is 11.3 Å². The topological polar surface area (TPSA) is 82.8 Å². The van der Waals surface area contributed by atoms with Gasteiger partial charge in [-0.25, -0.2) is 4.98 Å². The molecule has 0 spiro atoms. The summed E-state index contributed by atoms with van der Waals surface area (Å²) in [6.07, 6.45) is 5.02. The fraction of sp³-hybridized carbons (Fsp3) is 0.421. The second-order valence-electron chi connectivity index (χ2n) is 6.23. The molecule has 146 valence electrons. The minimum Gasteiger partial charge on any atom is -0.444 e. The number of aliphatic imine (C=N–C) groups is 1. The Kier molecular flexibility index (Phi) is 8.56. The summed E-state index contributed by atoms with van der Waals surface area (Å²) in [6, 6.07) is 9.76. The van der Waals surface area contributed by atoms with E-state index >= 15 is 0 Å². The van der Waals surface area contributed by atoms with Gasteiger partial charge in [-0.2, -0.15) is 0 Å². The zero-order chi connectivity index (χ0) is 18.2. The molecule has 0 unspecified atom stereocenters. The number of rotatable bonds is 5. The highest BCUT2D eigenvalue weighted by Gasteiger charge is 2.16. The van der Waals surface area contributed by atoms with E-state index in [0.717, 1.165) is 37.2 Å². The van der Waals surface area contributed by atoms with Crippen LogP contribution >= 0.6 is 24.0 Å². The van der Waals surface area contributed by atoms with Crippen molar-refractivity contribution in [3.63, 3.8) is 0 Å². The van der Waals surface area contributed by atoms with Crippen molar-refractivity contribution in [1.82, 2.24) is 20.5 Å². The van der Waals surface area contributed by atoms with E-state index in [4.69, 9.17) is 4.42 Å². The van der Waals surface area contributed by atoms with Crippen LogP contribution in [0, 0.1) is 0 Å². The molecule has 1 fully saturated rings. The number of oxazole rings is 1. The largest absolute Gasteiger partial charge is 0.444 e. The fourth-order valence-electron chi connectivity index (χ4n) is 2.91. The lowest BCUT2D eigenvalue weighted by Crippen LogP contribution is -2.45. The maximum absolute atomic E-state index is 12.2. The average molecular weight is 483 g/mol. The van der Waals surface area contributed by atoms with E-state index in [9.17, 15) is 4.79 Å². The second-order valence-corrected chi connectivity index (χ2v) is 6.23. The Bertz CT molecular complexity index is 742. The Labute approximate surface area is 176 Å². The zero-order valence-electron chi connectivity index (χ0n) is 15.5. The van der Waals surface area contributed by atoms with E-state index in [1.165, 1.54) is 6.42 Å². The van der Waals surface area contributed by atoms with Gasteiger partial charge in [-0.15, -0.1) is 24.0 Å². The van der Waals surface area contributed by atoms with Crippen molar-refractivity contribution in [2.45, 2.75) is 25.8 Å². The number of piperidine rings is 1. The lowest BCUT2D eigenvalue weighted by atomic mass is 10.1. The van der Waals surface area contributed by atoms with Crippen molar-refractivity contribution < 1.29 is 9.21 Å². The molecule has 3 rings (SSSR count). The van der Waals surface area contributed by atoms with Gasteiger partial charge in [0.25, 0.3) is 0 Å². The molecule has 0 bridgehead atoms. The normalized spacial score (nSPS) is 14.4. The van der Waals surface area contributed by atoms with Gasteiger partial charge in [0, 0.05) is 25.7 Å². The van der Waals surface area contributed by atoms with Gasteiger partial charge in [-0.1, -0.05) is 18.2 Å². The third kappa shape index (κ3) is 6.23. The first-order valence-electron chi connectivity index (χ1n) is 8.98. The smallest absolute Gasteiger partial charge is 0.241 e. The first kappa shape index (κ1) is 21.2. The lowest BCUT2D eigenvalue weighted by Gasteiger charge is -2.27. The van der Waals surface area contributed by atoms with Crippen molar-refractivity contribution in [3.05, 3.63) is 42.3 Å². The zero-order valence-corrected chi connectivity index (χ0v) is 17.8. The van der Waals surface area contributed by atoms with Crippen molar-refractivity contribution >= 4 is 35.8 Å². The molecule has 8 heteroatoms. The van der Waals surface area contributed by atoms with Crippen LogP contribution in [0.1, 0.15) is 25.0 Å². The Hall–Kier alpha value is -2.10. The van der Waals surface area contributed by atoms with E-state index in [-0.39, 0.29) is 36.4 Å². The van der Waals surface area contributed by atoms with Crippen LogP contribution in [-0.4, -0.2) is 48.4 Å². The Morgan fingerprint density at radius 1 is 1.19 bits per heavy atom. The number of halogens is 1. The number of nitrogens with zero attached hydrogens (tertiary/aromatic N) is 3. The molecule has 1 aliphatic rings. The van der Waals surface area contributed by atoms with Crippen molar-refractivity contribution in [1.29, 1.82) is 0 Å². The lowest BCUT2D eigenvalue weighted by molar-refractivity contribution is -0.130. The molecule has 7 nitrogen and oxygen atoms in total. The summed E-state index contributed by atoms with van der Waals surface area (Å²) in [7, 11) is 1.68. The molecule has 1 amide bonds. The van der Waals surface area contributed by atoms with Crippen molar-refractivity contribution in [3.8, 4) is 11.5 Å². The molecule has 1 aliphatic heterocycles. The number of carbonyl (C=O) groups is 1. The molecule has 2 heterocycles. The number of aromatic nitrogens is 1. The number of guanidine groups is 1. The van der Waals surface area contributed by atoms with Gasteiger partial charge in [0.1, 0.15) is 6.26 Å². The Balaban J connectivity index is 0.00000261. The monoisotopic (exact) mass is 483 g/mol. The van der Waals surface area contributed by atoms with Gasteiger partial charge < -0.3 is 20.0 Å². The van der Waals surface area contributed by atoms with Crippen LogP contribution in [0.3, 0.4) is 0 Å². The molecule has 1 saturated heterocycles. The maximum atomic E-state index is 12.2. The van der Waals surface area contributed by atoms with E-state index in [2.05, 4.69) is 20.6 Å². The maximum Gasteiger partial charge on any atom is 0.241 e. The minimum atomic E-state index is 0. The number of hydrogen-bond donors (Lipinski definition) is 2. The quantitative estimate of drug-likeness (QED) is 0.388. The summed E-state index contributed by atoms with van der Waals surface area (Å²) >= 11 is 0. The summed E-state index contributed by atoms with van der Waals surface area (Å²) < 4.78 is 5.52. The number of benzene rings is 1. The molecule has 2 N–H and O–H groups in total. The van der Waals surface area contributed by atoms with Gasteiger partial charge >= 0.3 is 0 Å². The Morgan fingerprint density at radius 3 is 2.63 bits per heavy atom. The molecule has 27 heavy (non-hydrogen) atoms. The van der Waals surface area contributed by atoms with E-state index in [0.29, 0.717) is 18.4 Å². The van der Waals surface area contributed by atoms with Crippen LogP contribution in [0.15, 0.2) is 46.0 Å². The summed E-state index contributed by atoms with van der Waals surface area (Å²) in [5, 5.41) is 6.22. The molecule has 1 aromatic carbocycles. The van der Waals surface area contributed by atoms with Gasteiger partial charge in [0.2, 0.25) is 11.8 Å². The SMILES string of the molecule is CN=C(NCC(=O)N1CCCCC1)NCc1coc(-c2ccccc2)n1.I. The molecule has 0 saturated carbocycles. The first-order valence-corrected chi connectivity index (χ1v) is 8.98. The number of nitrogens with one attached hydrogen (secondary N) is 2. The Morgan fingerprint density at radius 2 is 1.93 bits per heavy atom. The standard InChI is InChI=1S/C19H25N5O2.HI/c1-20-19(22-13-17(25)24-10-6-3-7-11-24)21-12-16-14-26-18(23-16)15-8-4-2-5-9-15;/h2,4-5,8-9,14H,3,6-7,10-13H2,1H3,(H2,20,21,22);1H. The van der Waals surface area contributed by atoms with Crippen molar-refractivity contribution in [2.75, 3.05) is 26.7 Å². The molecular weight excluding hydrogens is 457 g/mol. The molecular formula is C19H26IN5O2. The highest BCUT2D eigenvalue weighted by atomic mass is 127. The number of carbonyl (C=O) groups excluding carboxylic acids is 1. The minimum absolute atomic E-state index is 0. The molecule has 0 radical (unpaired) electrons. The molecule has 2 aromatic rings. The summed E-state index contributed by atoms with van der Waals surface area (Å²) in [4.78, 5) is 22.7. The summed E-state index contributed by atoms with van der Waals surface area (Å²) in [5.74, 6) is 1.27.